The van der Waals surface area contributed by atoms with Crippen molar-refractivity contribution in [3.8, 4) is 0 Å². The minimum absolute atomic E-state index is 0.424. The monoisotopic (exact) mass is 260 g/mol. The van der Waals surface area contributed by atoms with Gasteiger partial charge in [-0.2, -0.15) is 11.8 Å². The normalized spacial score (nSPS) is 21.6. The van der Waals surface area contributed by atoms with Gasteiger partial charge in [0.1, 0.15) is 11.0 Å². The third-order valence-corrected chi connectivity index (χ3v) is 5.18. The van der Waals surface area contributed by atoms with Crippen LogP contribution in [0.2, 0.25) is 5.15 Å². The van der Waals surface area contributed by atoms with Gasteiger partial charge in [-0.25, -0.2) is 9.97 Å². The predicted octanol–water partition coefficient (Wildman–Crippen LogP) is 3.21. The van der Waals surface area contributed by atoms with Crippen molar-refractivity contribution in [3.63, 3.8) is 0 Å². The average molecular weight is 261 g/mol. The summed E-state index contributed by atoms with van der Waals surface area (Å²) in [6.07, 6.45) is 0.916. The number of thioether (sulfide) groups is 2. The van der Waals surface area contributed by atoms with Gasteiger partial charge in [0.25, 0.3) is 0 Å². The largest absolute Gasteiger partial charge is 0.237 e. The summed E-state index contributed by atoms with van der Waals surface area (Å²) >= 11 is 9.89. The second-order valence-corrected chi connectivity index (χ2v) is 6.18. The SMILES string of the molecule is CCc1cc(Cl)nc(C2CSCCS2)n1. The van der Waals surface area contributed by atoms with Crippen molar-refractivity contribution in [2.45, 2.75) is 18.6 Å². The molecule has 0 radical (unpaired) electrons. The standard InChI is InChI=1S/C10H13ClN2S2/c1-2-7-5-9(11)13-10(12-7)8-6-14-3-4-15-8/h5,8H,2-4,6H2,1H3. The van der Waals surface area contributed by atoms with Crippen molar-refractivity contribution in [2.24, 2.45) is 0 Å². The number of aryl methyl sites for hydroxylation is 1. The van der Waals surface area contributed by atoms with Crippen LogP contribution in [0.3, 0.4) is 0 Å². The van der Waals surface area contributed by atoms with Gasteiger partial charge in [-0.15, -0.1) is 11.8 Å². The summed E-state index contributed by atoms with van der Waals surface area (Å²) in [6.45, 7) is 2.09. The van der Waals surface area contributed by atoms with Crippen LogP contribution in [0.1, 0.15) is 23.7 Å². The molecule has 2 rings (SSSR count). The van der Waals surface area contributed by atoms with E-state index >= 15 is 0 Å². The lowest BCUT2D eigenvalue weighted by Gasteiger charge is -2.19. The minimum atomic E-state index is 0.424. The second kappa shape index (κ2) is 5.41. The second-order valence-electron chi connectivity index (χ2n) is 3.33. The number of nitrogens with zero attached hydrogens (tertiary/aromatic N) is 2. The van der Waals surface area contributed by atoms with Crippen molar-refractivity contribution in [2.75, 3.05) is 17.3 Å². The smallest absolute Gasteiger partial charge is 0.144 e. The highest BCUT2D eigenvalue weighted by molar-refractivity contribution is 8.06. The van der Waals surface area contributed by atoms with Gasteiger partial charge in [0.15, 0.2) is 0 Å². The van der Waals surface area contributed by atoms with Gasteiger partial charge in [0, 0.05) is 23.0 Å². The van der Waals surface area contributed by atoms with E-state index in [4.69, 9.17) is 11.6 Å². The molecule has 5 heteroatoms. The summed E-state index contributed by atoms with van der Waals surface area (Å²) in [5, 5.41) is 1.00. The molecular formula is C10H13ClN2S2. The van der Waals surface area contributed by atoms with Crippen LogP contribution >= 0.6 is 35.1 Å². The molecule has 1 aliphatic rings. The van der Waals surface area contributed by atoms with E-state index < -0.39 is 0 Å². The molecule has 1 aliphatic heterocycles. The van der Waals surface area contributed by atoms with E-state index in [0.717, 1.165) is 23.7 Å². The highest BCUT2D eigenvalue weighted by Gasteiger charge is 2.19. The lowest BCUT2D eigenvalue weighted by molar-refractivity contribution is 0.877. The summed E-state index contributed by atoms with van der Waals surface area (Å²) in [5.74, 6) is 4.44. The predicted molar refractivity (Wildman–Crippen MR) is 68.9 cm³/mol. The molecule has 1 aromatic rings. The lowest BCUT2D eigenvalue weighted by Crippen LogP contribution is -2.11. The molecule has 0 saturated carbocycles. The molecule has 0 aromatic carbocycles. The first-order valence-corrected chi connectivity index (χ1v) is 7.60. The van der Waals surface area contributed by atoms with Crippen LogP contribution in [-0.4, -0.2) is 27.2 Å². The fourth-order valence-corrected chi connectivity index (χ4v) is 4.26. The molecule has 2 heterocycles. The van der Waals surface area contributed by atoms with E-state index in [2.05, 4.69) is 16.9 Å². The fraction of sp³-hybridized carbons (Fsp3) is 0.600. The van der Waals surface area contributed by atoms with E-state index in [-0.39, 0.29) is 0 Å². The molecule has 1 saturated heterocycles. The van der Waals surface area contributed by atoms with E-state index in [1.807, 2.05) is 29.6 Å². The molecule has 1 fully saturated rings. The first kappa shape index (κ1) is 11.6. The summed E-state index contributed by atoms with van der Waals surface area (Å²) in [7, 11) is 0. The van der Waals surface area contributed by atoms with Crippen molar-refractivity contribution < 1.29 is 0 Å². The summed E-state index contributed by atoms with van der Waals surface area (Å²) < 4.78 is 0. The Balaban J connectivity index is 2.22. The van der Waals surface area contributed by atoms with Crippen molar-refractivity contribution in [3.05, 3.63) is 22.7 Å². The summed E-state index contributed by atoms with van der Waals surface area (Å²) in [5.41, 5.74) is 1.04. The van der Waals surface area contributed by atoms with E-state index in [9.17, 15) is 0 Å². The highest BCUT2D eigenvalue weighted by atomic mass is 35.5. The number of aromatic nitrogens is 2. The van der Waals surface area contributed by atoms with Crippen LogP contribution in [0.4, 0.5) is 0 Å². The van der Waals surface area contributed by atoms with Gasteiger partial charge in [-0.3, -0.25) is 0 Å². The zero-order chi connectivity index (χ0) is 10.7. The molecule has 15 heavy (non-hydrogen) atoms. The Labute approximate surface area is 104 Å². The topological polar surface area (TPSA) is 25.8 Å². The molecule has 1 aromatic heterocycles. The van der Waals surface area contributed by atoms with Gasteiger partial charge in [-0.1, -0.05) is 18.5 Å². The molecule has 2 nitrogen and oxygen atoms in total. The number of rotatable bonds is 2. The summed E-state index contributed by atoms with van der Waals surface area (Å²) in [6, 6.07) is 1.85. The van der Waals surface area contributed by atoms with E-state index in [1.165, 1.54) is 11.5 Å². The fourth-order valence-electron chi connectivity index (χ4n) is 1.45. The summed E-state index contributed by atoms with van der Waals surface area (Å²) in [4.78, 5) is 8.87. The van der Waals surface area contributed by atoms with E-state index in [1.54, 1.807) is 0 Å². The number of hydrogen-bond acceptors (Lipinski definition) is 4. The van der Waals surface area contributed by atoms with Gasteiger partial charge >= 0.3 is 0 Å². The van der Waals surface area contributed by atoms with Crippen LogP contribution in [0.5, 0.6) is 0 Å². The molecule has 1 atom stereocenters. The van der Waals surface area contributed by atoms with Gasteiger partial charge in [-0.05, 0) is 12.5 Å². The number of halogens is 1. The van der Waals surface area contributed by atoms with Gasteiger partial charge in [0.2, 0.25) is 0 Å². The van der Waals surface area contributed by atoms with Crippen LogP contribution < -0.4 is 0 Å². The quantitative estimate of drug-likeness (QED) is 0.763. The van der Waals surface area contributed by atoms with Crippen molar-refractivity contribution in [1.82, 2.24) is 9.97 Å². The Morgan fingerprint density at radius 1 is 1.47 bits per heavy atom. The average Bonchev–Trinajstić information content (AvgIpc) is 2.29. The molecule has 0 amide bonds. The first-order valence-electron chi connectivity index (χ1n) is 5.02. The molecule has 0 N–H and O–H groups in total. The molecule has 1 unspecified atom stereocenters. The van der Waals surface area contributed by atoms with Crippen LogP contribution in [0.25, 0.3) is 0 Å². The van der Waals surface area contributed by atoms with Crippen LogP contribution in [0, 0.1) is 0 Å². The van der Waals surface area contributed by atoms with Crippen LogP contribution in [0.15, 0.2) is 6.07 Å². The van der Waals surface area contributed by atoms with E-state index in [0.29, 0.717) is 10.4 Å². The highest BCUT2D eigenvalue weighted by Crippen LogP contribution is 2.35. The third kappa shape index (κ3) is 3.02. The Bertz CT molecular complexity index is 340. The van der Waals surface area contributed by atoms with Gasteiger partial charge in [0.05, 0.1) is 5.25 Å². The Hall–Kier alpha value is 0.0700. The van der Waals surface area contributed by atoms with Crippen molar-refractivity contribution >= 4 is 35.1 Å². The third-order valence-electron chi connectivity index (χ3n) is 2.23. The Morgan fingerprint density at radius 3 is 3.00 bits per heavy atom. The Morgan fingerprint density at radius 2 is 2.33 bits per heavy atom. The zero-order valence-electron chi connectivity index (χ0n) is 8.57. The van der Waals surface area contributed by atoms with Gasteiger partial charge < -0.3 is 0 Å². The lowest BCUT2D eigenvalue weighted by atomic mass is 10.3. The molecule has 0 bridgehead atoms. The molecule has 0 spiro atoms. The van der Waals surface area contributed by atoms with Crippen LogP contribution in [-0.2, 0) is 6.42 Å². The maximum atomic E-state index is 5.98. The number of hydrogen-bond donors (Lipinski definition) is 0. The zero-order valence-corrected chi connectivity index (χ0v) is 11.0. The molecular weight excluding hydrogens is 248 g/mol. The maximum Gasteiger partial charge on any atom is 0.144 e. The minimum Gasteiger partial charge on any atom is -0.237 e. The molecule has 0 aliphatic carbocycles. The molecule has 82 valence electrons. The maximum absolute atomic E-state index is 5.98. The van der Waals surface area contributed by atoms with Crippen molar-refractivity contribution in [1.29, 1.82) is 0 Å². The first-order chi connectivity index (χ1) is 7.29. The Kier molecular flexibility index (Phi) is 4.17.